The summed E-state index contributed by atoms with van der Waals surface area (Å²) < 4.78 is 1.14. The second kappa shape index (κ2) is 5.85. The first-order valence-corrected chi connectivity index (χ1v) is 7.53. The summed E-state index contributed by atoms with van der Waals surface area (Å²) in [6.07, 6.45) is 0. The number of benzene rings is 2. The van der Waals surface area contributed by atoms with Crippen LogP contribution >= 0.6 is 11.3 Å². The molecule has 1 heterocycles. The van der Waals surface area contributed by atoms with Gasteiger partial charge in [0.1, 0.15) is 17.1 Å². The van der Waals surface area contributed by atoms with Crippen molar-refractivity contribution >= 4 is 27.2 Å². The first-order chi connectivity index (χ1) is 10.7. The molecule has 0 radical (unpaired) electrons. The lowest BCUT2D eigenvalue weighted by atomic mass is 10.1. The Morgan fingerprint density at radius 2 is 1.73 bits per heavy atom. The van der Waals surface area contributed by atoms with Gasteiger partial charge in [0.05, 0.1) is 33.6 Å². The van der Waals surface area contributed by atoms with Gasteiger partial charge in [0.15, 0.2) is 0 Å². The molecule has 22 heavy (non-hydrogen) atoms. The first kappa shape index (κ1) is 14.1. The van der Waals surface area contributed by atoms with E-state index in [1.54, 1.807) is 29.5 Å². The Kier molecular flexibility index (Phi) is 3.74. The van der Waals surface area contributed by atoms with Crippen LogP contribution in [0.3, 0.4) is 0 Å². The summed E-state index contributed by atoms with van der Waals surface area (Å²) >= 11 is 1.63. The number of fused-ring (bicyclic) bond motifs is 1. The molecule has 0 spiro atoms. The number of rotatable bonds is 3. The Morgan fingerprint density at radius 1 is 1.05 bits per heavy atom. The van der Waals surface area contributed by atoms with Crippen LogP contribution in [-0.4, -0.2) is 12.0 Å². The lowest BCUT2D eigenvalue weighted by Gasteiger charge is -2.20. The highest BCUT2D eigenvalue weighted by Gasteiger charge is 2.14. The normalized spacial score (nSPS) is 10.1. The average molecular weight is 304 g/mol. The van der Waals surface area contributed by atoms with Crippen LogP contribution in [0.5, 0.6) is 0 Å². The third kappa shape index (κ3) is 2.50. The highest BCUT2D eigenvalue weighted by Crippen LogP contribution is 2.28. The quantitative estimate of drug-likeness (QED) is 0.740. The minimum absolute atomic E-state index is 0.502. The van der Waals surface area contributed by atoms with Gasteiger partial charge in [-0.05, 0) is 24.3 Å². The van der Waals surface area contributed by atoms with Crippen molar-refractivity contribution in [3.8, 4) is 12.1 Å². The largest absolute Gasteiger partial charge is 0.366 e. The Labute approximate surface area is 132 Å². The van der Waals surface area contributed by atoms with Gasteiger partial charge in [0.2, 0.25) is 0 Å². The Hall–Kier alpha value is -2.89. The van der Waals surface area contributed by atoms with E-state index in [9.17, 15) is 10.5 Å². The van der Waals surface area contributed by atoms with Crippen molar-refractivity contribution in [3.63, 3.8) is 0 Å². The molecule has 1 aromatic heterocycles. The van der Waals surface area contributed by atoms with Crippen LogP contribution in [-0.2, 0) is 6.54 Å². The van der Waals surface area contributed by atoms with Gasteiger partial charge in [0.25, 0.3) is 0 Å². The van der Waals surface area contributed by atoms with Crippen LogP contribution in [0, 0.1) is 22.7 Å². The fourth-order valence-electron chi connectivity index (χ4n) is 2.40. The zero-order chi connectivity index (χ0) is 15.5. The summed E-state index contributed by atoms with van der Waals surface area (Å²) in [6, 6.07) is 17.5. The number of para-hydroxylation sites is 2. The van der Waals surface area contributed by atoms with E-state index in [2.05, 4.69) is 17.1 Å². The minimum atomic E-state index is 0.502. The lowest BCUT2D eigenvalue weighted by molar-refractivity contribution is 0.910. The van der Waals surface area contributed by atoms with Crippen molar-refractivity contribution in [1.82, 2.24) is 4.98 Å². The fraction of sp³-hybridized carbons (Fsp3) is 0.118. The second-order valence-electron chi connectivity index (χ2n) is 4.86. The number of anilines is 1. The summed E-state index contributed by atoms with van der Waals surface area (Å²) in [7, 11) is 1.88. The molecule has 3 rings (SSSR count). The van der Waals surface area contributed by atoms with Gasteiger partial charge in [-0.25, -0.2) is 4.98 Å². The molecule has 5 heteroatoms. The Balaban J connectivity index is 1.97. The van der Waals surface area contributed by atoms with Crippen LogP contribution in [0.15, 0.2) is 42.5 Å². The van der Waals surface area contributed by atoms with Crippen molar-refractivity contribution in [2.75, 3.05) is 11.9 Å². The standard InChI is InChI=1S/C17H12N4S/c1-21(17-12(9-18)5-4-6-13(17)10-19)11-16-20-14-7-2-3-8-15(14)22-16/h2-8H,11H2,1H3. The molecule has 0 aliphatic rings. The van der Waals surface area contributed by atoms with Crippen LogP contribution in [0.2, 0.25) is 0 Å². The van der Waals surface area contributed by atoms with Gasteiger partial charge in [0, 0.05) is 7.05 Å². The van der Waals surface area contributed by atoms with Crippen LogP contribution < -0.4 is 4.90 Å². The highest BCUT2D eigenvalue weighted by atomic mass is 32.1. The summed E-state index contributed by atoms with van der Waals surface area (Å²) in [5.41, 5.74) is 2.64. The van der Waals surface area contributed by atoms with Crippen molar-refractivity contribution < 1.29 is 0 Å². The molecule has 3 aromatic rings. The number of hydrogen-bond acceptors (Lipinski definition) is 5. The SMILES string of the molecule is CN(Cc1nc2ccccc2s1)c1c(C#N)cccc1C#N. The monoisotopic (exact) mass is 304 g/mol. The molecule has 0 atom stereocenters. The van der Waals surface area contributed by atoms with E-state index in [0.717, 1.165) is 15.2 Å². The van der Waals surface area contributed by atoms with Crippen LogP contribution in [0.1, 0.15) is 16.1 Å². The summed E-state index contributed by atoms with van der Waals surface area (Å²) in [6.45, 7) is 0.562. The van der Waals surface area contributed by atoms with Gasteiger partial charge in [-0.3, -0.25) is 0 Å². The summed E-state index contributed by atoms with van der Waals surface area (Å²) in [4.78, 5) is 6.51. The summed E-state index contributed by atoms with van der Waals surface area (Å²) in [5.74, 6) is 0. The first-order valence-electron chi connectivity index (χ1n) is 6.71. The van der Waals surface area contributed by atoms with E-state index in [4.69, 9.17) is 0 Å². The van der Waals surface area contributed by atoms with Crippen molar-refractivity contribution in [1.29, 1.82) is 10.5 Å². The third-order valence-electron chi connectivity index (χ3n) is 3.37. The van der Waals surface area contributed by atoms with Crippen molar-refractivity contribution in [2.24, 2.45) is 0 Å². The third-order valence-corrected chi connectivity index (χ3v) is 4.39. The molecule has 106 valence electrons. The van der Waals surface area contributed by atoms with E-state index in [-0.39, 0.29) is 0 Å². The molecule has 4 nitrogen and oxygen atoms in total. The van der Waals surface area contributed by atoms with Gasteiger partial charge in [-0.1, -0.05) is 18.2 Å². The molecular formula is C17H12N4S. The topological polar surface area (TPSA) is 63.7 Å². The van der Waals surface area contributed by atoms with Gasteiger partial charge in [-0.2, -0.15) is 10.5 Å². The number of thiazole rings is 1. The van der Waals surface area contributed by atoms with Gasteiger partial charge in [-0.15, -0.1) is 11.3 Å². The van der Waals surface area contributed by atoms with Crippen molar-refractivity contribution in [2.45, 2.75) is 6.54 Å². The number of nitriles is 2. The molecule has 0 unspecified atom stereocenters. The number of nitrogens with zero attached hydrogens (tertiary/aromatic N) is 4. The molecule has 0 fully saturated rings. The summed E-state index contributed by atoms with van der Waals surface area (Å²) in [5, 5.41) is 19.5. The molecule has 0 N–H and O–H groups in total. The van der Waals surface area contributed by atoms with E-state index in [1.807, 2.05) is 36.2 Å². The predicted octanol–water partition coefficient (Wildman–Crippen LogP) is 3.68. The predicted molar refractivity (Wildman–Crippen MR) is 87.6 cm³/mol. The van der Waals surface area contributed by atoms with E-state index < -0.39 is 0 Å². The zero-order valence-corrected chi connectivity index (χ0v) is 12.8. The van der Waals surface area contributed by atoms with Crippen LogP contribution in [0.25, 0.3) is 10.2 Å². The maximum Gasteiger partial charge on any atom is 0.113 e. The van der Waals surface area contributed by atoms with Crippen LogP contribution in [0.4, 0.5) is 5.69 Å². The molecule has 0 aliphatic heterocycles. The van der Waals surface area contributed by atoms with Gasteiger partial charge < -0.3 is 4.90 Å². The Bertz CT molecular complexity index is 849. The van der Waals surface area contributed by atoms with Gasteiger partial charge >= 0.3 is 0 Å². The van der Waals surface area contributed by atoms with E-state index >= 15 is 0 Å². The van der Waals surface area contributed by atoms with E-state index in [1.165, 1.54) is 0 Å². The Morgan fingerprint density at radius 3 is 2.36 bits per heavy atom. The molecule has 0 bridgehead atoms. The highest BCUT2D eigenvalue weighted by molar-refractivity contribution is 7.18. The second-order valence-corrected chi connectivity index (χ2v) is 5.97. The molecule has 0 amide bonds. The van der Waals surface area contributed by atoms with E-state index in [0.29, 0.717) is 23.4 Å². The molecule has 0 saturated carbocycles. The fourth-order valence-corrected chi connectivity index (χ4v) is 3.43. The number of aromatic nitrogens is 1. The smallest absolute Gasteiger partial charge is 0.113 e. The van der Waals surface area contributed by atoms with Crippen molar-refractivity contribution in [3.05, 3.63) is 58.6 Å². The average Bonchev–Trinajstić information content (AvgIpc) is 2.95. The zero-order valence-electron chi connectivity index (χ0n) is 11.9. The minimum Gasteiger partial charge on any atom is -0.366 e. The molecule has 0 saturated heterocycles. The lowest BCUT2D eigenvalue weighted by Crippen LogP contribution is -2.18. The molecule has 0 aliphatic carbocycles. The molecular weight excluding hydrogens is 292 g/mol. The number of hydrogen-bond donors (Lipinski definition) is 0. The molecule has 2 aromatic carbocycles. The maximum absolute atomic E-state index is 9.27. The maximum atomic E-state index is 9.27.